The molecule has 1 N–H and O–H groups in total. The zero-order valence-corrected chi connectivity index (χ0v) is 11.1. The molecule has 4 heteroatoms. The number of rotatable bonds is 6. The zero-order chi connectivity index (χ0) is 12.7. The lowest BCUT2D eigenvalue weighted by Gasteiger charge is -2.06. The Morgan fingerprint density at radius 2 is 1.88 bits per heavy atom. The normalized spacial score (nSPS) is 12.1. The van der Waals surface area contributed by atoms with Crippen molar-refractivity contribution in [2.45, 2.75) is 31.6 Å². The number of hydrogen-bond donors (Lipinski definition) is 1. The standard InChI is InChI=1S/C13H19NO2S/c1-3-4-5-6-11-14-17(15,16)13-9-7-12(2)8-10-13/h3-4,7-10,14H,5-6,11H2,1-2H3/b4-3-. The first kappa shape index (κ1) is 13.9. The lowest BCUT2D eigenvalue weighted by atomic mass is 10.2. The van der Waals surface area contributed by atoms with E-state index >= 15 is 0 Å². The second-order valence-electron chi connectivity index (χ2n) is 3.92. The van der Waals surface area contributed by atoms with Gasteiger partial charge in [0.25, 0.3) is 0 Å². The van der Waals surface area contributed by atoms with E-state index < -0.39 is 10.0 Å². The van der Waals surface area contributed by atoms with E-state index in [0.717, 1.165) is 18.4 Å². The van der Waals surface area contributed by atoms with E-state index in [0.29, 0.717) is 11.4 Å². The molecule has 0 radical (unpaired) electrons. The number of sulfonamides is 1. The Balaban J connectivity index is 2.54. The first-order chi connectivity index (χ1) is 8.06. The maximum absolute atomic E-state index is 11.8. The highest BCUT2D eigenvalue weighted by Crippen LogP contribution is 2.09. The summed E-state index contributed by atoms with van der Waals surface area (Å²) in [6, 6.07) is 6.86. The summed E-state index contributed by atoms with van der Waals surface area (Å²) in [7, 11) is -3.34. The zero-order valence-electron chi connectivity index (χ0n) is 10.3. The molecular weight excluding hydrogens is 234 g/mol. The van der Waals surface area contributed by atoms with Crippen molar-refractivity contribution in [1.29, 1.82) is 0 Å². The summed E-state index contributed by atoms with van der Waals surface area (Å²) in [4.78, 5) is 0.328. The summed E-state index contributed by atoms with van der Waals surface area (Å²) < 4.78 is 26.3. The van der Waals surface area contributed by atoms with Crippen LogP contribution < -0.4 is 4.72 Å². The Hall–Kier alpha value is -1.13. The molecule has 0 atom stereocenters. The van der Waals surface area contributed by atoms with E-state index in [1.54, 1.807) is 24.3 Å². The lowest BCUT2D eigenvalue weighted by Crippen LogP contribution is -2.24. The molecule has 0 bridgehead atoms. The van der Waals surface area contributed by atoms with E-state index in [1.807, 2.05) is 26.0 Å². The van der Waals surface area contributed by atoms with Crippen molar-refractivity contribution in [3.05, 3.63) is 42.0 Å². The number of nitrogens with one attached hydrogen (secondary N) is 1. The summed E-state index contributed by atoms with van der Waals surface area (Å²) in [5.74, 6) is 0. The van der Waals surface area contributed by atoms with Crippen LogP contribution in [0.5, 0.6) is 0 Å². The van der Waals surface area contributed by atoms with Gasteiger partial charge in [-0.05, 0) is 38.8 Å². The van der Waals surface area contributed by atoms with Gasteiger partial charge in [-0.15, -0.1) is 0 Å². The summed E-state index contributed by atoms with van der Waals surface area (Å²) in [5, 5.41) is 0. The van der Waals surface area contributed by atoms with Gasteiger partial charge in [-0.2, -0.15) is 0 Å². The highest BCUT2D eigenvalue weighted by atomic mass is 32.2. The average Bonchev–Trinajstić information content (AvgIpc) is 2.29. The van der Waals surface area contributed by atoms with E-state index in [4.69, 9.17) is 0 Å². The van der Waals surface area contributed by atoms with Gasteiger partial charge in [0, 0.05) is 6.54 Å². The molecular formula is C13H19NO2S. The van der Waals surface area contributed by atoms with Crippen molar-refractivity contribution in [1.82, 2.24) is 4.72 Å². The minimum absolute atomic E-state index is 0.328. The third-order valence-electron chi connectivity index (χ3n) is 2.41. The molecule has 0 saturated carbocycles. The molecule has 3 nitrogen and oxygen atoms in total. The van der Waals surface area contributed by atoms with E-state index in [9.17, 15) is 8.42 Å². The topological polar surface area (TPSA) is 46.2 Å². The fourth-order valence-corrected chi connectivity index (χ4v) is 2.47. The van der Waals surface area contributed by atoms with E-state index in [-0.39, 0.29) is 0 Å². The molecule has 0 spiro atoms. The fraction of sp³-hybridized carbons (Fsp3) is 0.385. The fourth-order valence-electron chi connectivity index (χ4n) is 1.39. The maximum atomic E-state index is 11.8. The van der Waals surface area contributed by atoms with Crippen molar-refractivity contribution >= 4 is 10.0 Å². The molecule has 0 amide bonds. The van der Waals surface area contributed by atoms with Crippen LogP contribution in [0.15, 0.2) is 41.3 Å². The monoisotopic (exact) mass is 253 g/mol. The van der Waals surface area contributed by atoms with Crippen LogP contribution in [0.3, 0.4) is 0 Å². The molecule has 94 valence electrons. The molecule has 0 saturated heterocycles. The van der Waals surface area contributed by atoms with Gasteiger partial charge >= 0.3 is 0 Å². The smallest absolute Gasteiger partial charge is 0.211 e. The van der Waals surface area contributed by atoms with Gasteiger partial charge in [0.1, 0.15) is 0 Å². The van der Waals surface area contributed by atoms with Gasteiger partial charge in [-0.1, -0.05) is 29.8 Å². The summed E-state index contributed by atoms with van der Waals surface area (Å²) in [5.41, 5.74) is 1.05. The van der Waals surface area contributed by atoms with Crippen LogP contribution in [0.4, 0.5) is 0 Å². The van der Waals surface area contributed by atoms with Crippen molar-refractivity contribution in [2.24, 2.45) is 0 Å². The molecule has 0 fully saturated rings. The molecule has 0 aromatic heterocycles. The van der Waals surface area contributed by atoms with E-state index in [1.165, 1.54) is 0 Å². The largest absolute Gasteiger partial charge is 0.240 e. The summed E-state index contributed by atoms with van der Waals surface area (Å²) in [6.45, 7) is 4.36. The molecule has 1 aromatic carbocycles. The Labute approximate surface area is 104 Å². The highest BCUT2D eigenvalue weighted by Gasteiger charge is 2.11. The van der Waals surface area contributed by atoms with Gasteiger partial charge in [0.2, 0.25) is 10.0 Å². The van der Waals surface area contributed by atoms with E-state index in [2.05, 4.69) is 4.72 Å². The van der Waals surface area contributed by atoms with Gasteiger partial charge in [-0.3, -0.25) is 0 Å². The third kappa shape index (κ3) is 4.71. The predicted molar refractivity (Wildman–Crippen MR) is 70.4 cm³/mol. The minimum atomic E-state index is -3.34. The summed E-state index contributed by atoms with van der Waals surface area (Å²) >= 11 is 0. The molecule has 1 rings (SSSR count). The number of unbranched alkanes of at least 4 members (excludes halogenated alkanes) is 1. The molecule has 0 aliphatic rings. The van der Waals surface area contributed by atoms with Gasteiger partial charge < -0.3 is 0 Å². The SMILES string of the molecule is C/C=C\CCCNS(=O)(=O)c1ccc(C)cc1. The van der Waals surface area contributed by atoms with Crippen LogP contribution >= 0.6 is 0 Å². The predicted octanol–water partition coefficient (Wildman–Crippen LogP) is 2.63. The third-order valence-corrected chi connectivity index (χ3v) is 3.88. The van der Waals surface area contributed by atoms with Crippen LogP contribution in [0.1, 0.15) is 25.3 Å². The molecule has 0 heterocycles. The second-order valence-corrected chi connectivity index (χ2v) is 5.69. The molecule has 0 aliphatic heterocycles. The van der Waals surface area contributed by atoms with Crippen LogP contribution in [0, 0.1) is 6.92 Å². The number of allylic oxidation sites excluding steroid dienone is 2. The second kappa shape index (κ2) is 6.57. The van der Waals surface area contributed by atoms with Crippen molar-refractivity contribution in [3.8, 4) is 0 Å². The first-order valence-corrected chi connectivity index (χ1v) is 7.22. The van der Waals surface area contributed by atoms with Crippen molar-refractivity contribution in [3.63, 3.8) is 0 Å². The Morgan fingerprint density at radius 3 is 2.47 bits per heavy atom. The van der Waals surface area contributed by atoms with Gasteiger partial charge in [0.05, 0.1) is 4.90 Å². The Kier molecular flexibility index (Phi) is 5.38. The Bertz CT molecular complexity index is 461. The molecule has 1 aromatic rings. The number of hydrogen-bond acceptors (Lipinski definition) is 2. The van der Waals surface area contributed by atoms with Crippen molar-refractivity contribution in [2.75, 3.05) is 6.54 Å². The summed E-state index contributed by atoms with van der Waals surface area (Å²) in [6.07, 6.45) is 5.71. The van der Waals surface area contributed by atoms with Crippen molar-refractivity contribution < 1.29 is 8.42 Å². The molecule has 0 unspecified atom stereocenters. The quantitative estimate of drug-likeness (QED) is 0.626. The highest BCUT2D eigenvalue weighted by molar-refractivity contribution is 7.89. The van der Waals surface area contributed by atoms with Crippen LogP contribution in [-0.2, 0) is 10.0 Å². The average molecular weight is 253 g/mol. The van der Waals surface area contributed by atoms with Crippen LogP contribution in [0.2, 0.25) is 0 Å². The molecule has 0 aliphatic carbocycles. The van der Waals surface area contributed by atoms with Gasteiger partial charge in [0.15, 0.2) is 0 Å². The maximum Gasteiger partial charge on any atom is 0.240 e. The minimum Gasteiger partial charge on any atom is -0.211 e. The Morgan fingerprint density at radius 1 is 1.24 bits per heavy atom. The first-order valence-electron chi connectivity index (χ1n) is 5.74. The lowest BCUT2D eigenvalue weighted by molar-refractivity contribution is 0.579. The van der Waals surface area contributed by atoms with Gasteiger partial charge in [-0.25, -0.2) is 13.1 Å². The number of aryl methyl sites for hydroxylation is 1. The molecule has 17 heavy (non-hydrogen) atoms. The van der Waals surface area contributed by atoms with Crippen LogP contribution in [0.25, 0.3) is 0 Å². The number of benzene rings is 1. The van der Waals surface area contributed by atoms with Crippen LogP contribution in [-0.4, -0.2) is 15.0 Å².